The highest BCUT2D eigenvalue weighted by molar-refractivity contribution is 5.80. The summed E-state index contributed by atoms with van der Waals surface area (Å²) in [6.07, 6.45) is 9.95. The van der Waals surface area contributed by atoms with E-state index in [-0.39, 0.29) is 5.92 Å². The van der Waals surface area contributed by atoms with Crippen molar-refractivity contribution in [3.8, 4) is 0 Å². The van der Waals surface area contributed by atoms with Crippen LogP contribution in [0.15, 0.2) is 84.9 Å². The van der Waals surface area contributed by atoms with Gasteiger partial charge >= 0.3 is 5.97 Å². The molecule has 1 aliphatic heterocycles. The molecule has 4 N–H and O–H groups in total. The topological polar surface area (TPSA) is 82.2 Å². The molecular formula is C43H64NO4+. The molecule has 0 spiro atoms. The van der Waals surface area contributed by atoms with Crippen molar-refractivity contribution in [2.75, 3.05) is 19.6 Å². The summed E-state index contributed by atoms with van der Waals surface area (Å²) in [5.74, 6) is 1.14. The number of piperidine rings is 1. The minimum atomic E-state index is -0.994. The highest BCUT2D eigenvalue weighted by atomic mass is 16.4. The second kappa shape index (κ2) is 19.3. The number of carbonyl (C=O) groups is 1. The van der Waals surface area contributed by atoms with Gasteiger partial charge in [0.05, 0.1) is 31.2 Å². The fraction of sp³-hybridized carbons (Fsp3) is 0.558. The molecule has 48 heavy (non-hydrogen) atoms. The SMILES string of the molecule is CC(C)(C(=O)O)c1ccc(C(O)CCC[NH+]2CCC(C(O)(c3ccccc3)c3ccccc3)CC2)cc1.CCCC(C)CCCC(C)C. The van der Waals surface area contributed by atoms with Gasteiger partial charge in [-0.2, -0.15) is 0 Å². The molecule has 0 amide bonds. The van der Waals surface area contributed by atoms with Gasteiger partial charge in [0.25, 0.3) is 0 Å². The van der Waals surface area contributed by atoms with Crippen molar-refractivity contribution in [2.24, 2.45) is 17.8 Å². The monoisotopic (exact) mass is 658 g/mol. The number of carboxylic acid groups (broad SMARTS) is 1. The Morgan fingerprint density at radius 3 is 1.79 bits per heavy atom. The van der Waals surface area contributed by atoms with E-state index in [1.165, 1.54) is 37.0 Å². The van der Waals surface area contributed by atoms with Crippen molar-refractivity contribution in [3.63, 3.8) is 0 Å². The van der Waals surface area contributed by atoms with Gasteiger partial charge < -0.3 is 20.2 Å². The highest BCUT2D eigenvalue weighted by Gasteiger charge is 2.42. The van der Waals surface area contributed by atoms with Crippen LogP contribution in [-0.2, 0) is 15.8 Å². The third-order valence-electron chi connectivity index (χ3n) is 10.5. The van der Waals surface area contributed by atoms with Crippen LogP contribution in [0.25, 0.3) is 0 Å². The van der Waals surface area contributed by atoms with Crippen molar-refractivity contribution in [2.45, 2.75) is 116 Å². The minimum Gasteiger partial charge on any atom is -0.481 e. The average molecular weight is 659 g/mol. The van der Waals surface area contributed by atoms with E-state index < -0.39 is 23.1 Å². The van der Waals surface area contributed by atoms with E-state index in [9.17, 15) is 20.1 Å². The summed E-state index contributed by atoms with van der Waals surface area (Å²) in [6, 6.07) is 27.4. The maximum atomic E-state index is 12.1. The molecule has 5 heteroatoms. The van der Waals surface area contributed by atoms with Crippen LogP contribution in [0.3, 0.4) is 0 Å². The maximum absolute atomic E-state index is 12.1. The predicted molar refractivity (Wildman–Crippen MR) is 198 cm³/mol. The number of hydrogen-bond acceptors (Lipinski definition) is 3. The summed E-state index contributed by atoms with van der Waals surface area (Å²) in [6.45, 7) is 15.6. The van der Waals surface area contributed by atoms with Crippen LogP contribution in [-0.4, -0.2) is 40.9 Å². The van der Waals surface area contributed by atoms with Gasteiger partial charge in [-0.3, -0.25) is 4.79 Å². The Bertz CT molecular complexity index is 1270. The van der Waals surface area contributed by atoms with Crippen LogP contribution in [0.5, 0.6) is 0 Å². The van der Waals surface area contributed by atoms with Crippen molar-refractivity contribution in [1.82, 2.24) is 0 Å². The van der Waals surface area contributed by atoms with E-state index in [1.54, 1.807) is 13.8 Å². The average Bonchev–Trinajstić information content (AvgIpc) is 3.09. The maximum Gasteiger partial charge on any atom is 0.313 e. The number of quaternary nitrogens is 1. The van der Waals surface area contributed by atoms with Gasteiger partial charge in [0.15, 0.2) is 0 Å². The van der Waals surface area contributed by atoms with Crippen LogP contribution >= 0.6 is 0 Å². The van der Waals surface area contributed by atoms with Crippen molar-refractivity contribution in [1.29, 1.82) is 0 Å². The summed E-state index contributed by atoms with van der Waals surface area (Å²) in [7, 11) is 0. The number of likely N-dealkylation sites (tertiary alicyclic amines) is 1. The number of aliphatic hydroxyl groups is 2. The number of aliphatic hydroxyl groups excluding tert-OH is 1. The van der Waals surface area contributed by atoms with Gasteiger partial charge in [-0.15, -0.1) is 0 Å². The van der Waals surface area contributed by atoms with Crippen molar-refractivity contribution >= 4 is 5.97 Å². The summed E-state index contributed by atoms with van der Waals surface area (Å²) in [4.78, 5) is 13.0. The summed E-state index contributed by atoms with van der Waals surface area (Å²) < 4.78 is 0. The van der Waals surface area contributed by atoms with Gasteiger partial charge in [-0.05, 0) is 60.8 Å². The molecule has 5 nitrogen and oxygen atoms in total. The molecule has 1 aliphatic rings. The Balaban J connectivity index is 0.000000488. The standard InChI is InChI=1S/C32H39NO4.C11H24/c1-31(2,30(35)36)25-17-15-24(16-18-25)29(34)14-9-21-33-22-19-28(20-23-33)32(37,26-10-5-3-6-11-26)27-12-7-4-8-13-27;1-5-7-11(4)9-6-8-10(2)3/h3-8,10-13,15-18,28-29,34,37H,9,14,19-23H2,1-2H3,(H,35,36);10-11H,5-9H2,1-4H3/p+1. The molecule has 1 heterocycles. The lowest BCUT2D eigenvalue weighted by Crippen LogP contribution is -3.13. The number of rotatable bonds is 16. The second-order valence-corrected chi connectivity index (χ2v) is 15.2. The molecule has 0 saturated carbocycles. The van der Waals surface area contributed by atoms with E-state index >= 15 is 0 Å². The molecule has 0 aliphatic carbocycles. The third-order valence-corrected chi connectivity index (χ3v) is 10.5. The Morgan fingerprint density at radius 1 is 0.771 bits per heavy atom. The lowest BCUT2D eigenvalue weighted by molar-refractivity contribution is -0.906. The largest absolute Gasteiger partial charge is 0.481 e. The fourth-order valence-corrected chi connectivity index (χ4v) is 7.19. The zero-order chi connectivity index (χ0) is 35.2. The molecule has 1 fully saturated rings. The summed E-state index contributed by atoms with van der Waals surface area (Å²) in [5.41, 5.74) is 1.52. The van der Waals surface area contributed by atoms with E-state index in [0.717, 1.165) is 73.0 Å². The number of aliphatic carboxylic acids is 1. The Kier molecular flexibility index (Phi) is 15.8. The minimum absolute atomic E-state index is 0.153. The van der Waals surface area contributed by atoms with Crippen LogP contribution in [0.4, 0.5) is 0 Å². The quantitative estimate of drug-likeness (QED) is 0.125. The first-order chi connectivity index (χ1) is 22.9. The van der Waals surface area contributed by atoms with Crippen molar-refractivity contribution < 1.29 is 25.0 Å². The first kappa shape index (κ1) is 39.4. The van der Waals surface area contributed by atoms with Gasteiger partial charge in [-0.1, -0.05) is 145 Å². The van der Waals surface area contributed by atoms with E-state index in [2.05, 4.69) is 27.7 Å². The van der Waals surface area contributed by atoms with E-state index in [4.69, 9.17) is 0 Å². The molecule has 0 radical (unpaired) electrons. The Labute approximate surface area is 291 Å². The molecule has 0 bridgehead atoms. The molecule has 2 unspecified atom stereocenters. The van der Waals surface area contributed by atoms with E-state index in [1.807, 2.05) is 84.9 Å². The van der Waals surface area contributed by atoms with Gasteiger partial charge in [0.2, 0.25) is 0 Å². The molecule has 2 atom stereocenters. The number of carboxylic acids is 1. The normalized spacial score (nSPS) is 18.1. The third kappa shape index (κ3) is 11.3. The fourth-order valence-electron chi connectivity index (χ4n) is 7.19. The van der Waals surface area contributed by atoms with Gasteiger partial charge in [-0.25, -0.2) is 0 Å². The van der Waals surface area contributed by atoms with Crippen LogP contribution in [0.2, 0.25) is 0 Å². The molecule has 264 valence electrons. The molecule has 3 aromatic rings. The highest BCUT2D eigenvalue weighted by Crippen LogP contribution is 2.40. The first-order valence-electron chi connectivity index (χ1n) is 18.6. The van der Waals surface area contributed by atoms with E-state index in [0.29, 0.717) is 6.42 Å². The number of hydrogen-bond donors (Lipinski definition) is 4. The first-order valence-corrected chi connectivity index (χ1v) is 18.6. The molecule has 1 saturated heterocycles. The predicted octanol–water partition coefficient (Wildman–Crippen LogP) is 8.34. The zero-order valence-corrected chi connectivity index (χ0v) is 30.6. The second-order valence-electron chi connectivity index (χ2n) is 15.2. The Hall–Kier alpha value is -2.99. The lowest BCUT2D eigenvalue weighted by atomic mass is 9.72. The molecular weight excluding hydrogens is 594 g/mol. The van der Waals surface area contributed by atoms with Crippen LogP contribution in [0.1, 0.15) is 128 Å². The number of benzene rings is 3. The van der Waals surface area contributed by atoms with Gasteiger partial charge in [0.1, 0.15) is 5.60 Å². The van der Waals surface area contributed by atoms with Crippen LogP contribution in [0, 0.1) is 17.8 Å². The summed E-state index contributed by atoms with van der Waals surface area (Å²) >= 11 is 0. The smallest absolute Gasteiger partial charge is 0.313 e. The van der Waals surface area contributed by atoms with Gasteiger partial charge in [0, 0.05) is 18.8 Å². The summed E-state index contributed by atoms with van der Waals surface area (Å²) in [5, 5.41) is 32.2. The van der Waals surface area contributed by atoms with Crippen molar-refractivity contribution in [3.05, 3.63) is 107 Å². The Morgan fingerprint density at radius 2 is 1.31 bits per heavy atom. The molecule has 3 aromatic carbocycles. The number of nitrogens with one attached hydrogen (secondary N) is 1. The lowest BCUT2D eigenvalue weighted by Gasteiger charge is -2.41. The molecule has 4 rings (SSSR count). The van der Waals surface area contributed by atoms with Crippen LogP contribution < -0.4 is 4.90 Å². The zero-order valence-electron chi connectivity index (χ0n) is 30.6. The molecule has 0 aromatic heterocycles.